The number of anilines is 1. The Bertz CT molecular complexity index is 1230. The van der Waals surface area contributed by atoms with Crippen molar-refractivity contribution >= 4 is 57.8 Å². The van der Waals surface area contributed by atoms with Crippen LogP contribution in [0.3, 0.4) is 0 Å². The average Bonchev–Trinajstić information content (AvgIpc) is 2.78. The van der Waals surface area contributed by atoms with Crippen LogP contribution in [0, 0.1) is 6.92 Å². The molecule has 186 valence electrons. The first kappa shape index (κ1) is 25.8. The summed E-state index contributed by atoms with van der Waals surface area (Å²) in [7, 11) is 0. The Kier molecular flexibility index (Phi) is 7.66. The summed E-state index contributed by atoms with van der Waals surface area (Å²) < 4.78 is 5.63. The number of carbonyl (C=O) groups excluding carboxylic acids is 1. The van der Waals surface area contributed by atoms with Crippen molar-refractivity contribution in [3.8, 4) is 11.1 Å². The molecule has 1 fully saturated rings. The van der Waals surface area contributed by atoms with Gasteiger partial charge in [-0.05, 0) is 57.5 Å². The maximum atomic E-state index is 12.9. The molecule has 0 aliphatic carbocycles. The van der Waals surface area contributed by atoms with Crippen molar-refractivity contribution in [3.63, 3.8) is 0 Å². The molecule has 1 saturated heterocycles. The number of carbonyl (C=O) groups is 1. The van der Waals surface area contributed by atoms with Crippen molar-refractivity contribution in [2.24, 2.45) is 5.73 Å². The van der Waals surface area contributed by atoms with E-state index in [1.807, 2.05) is 64.1 Å². The van der Waals surface area contributed by atoms with Crippen LogP contribution in [0.25, 0.3) is 22.0 Å². The van der Waals surface area contributed by atoms with Gasteiger partial charge < -0.3 is 15.4 Å². The highest BCUT2D eigenvalue weighted by Crippen LogP contribution is 2.36. The Morgan fingerprint density at radius 2 is 1.89 bits per heavy atom. The summed E-state index contributed by atoms with van der Waals surface area (Å²) in [6.07, 6.45) is -0.330. The standard InChI is InChI=1S/C25H29Cl2N5O2S/c1-15-29-21-12-20(27)18(16-5-7-17(26)8-6-16)11-19(21)23(30-15)31-9-10-32(22(13-31)35-14-28)24(33)34-25(2,3)4/h5-8,11-12,22H,9-10,13-14,28H2,1-4H3. The quantitative estimate of drug-likeness (QED) is 0.415. The van der Waals surface area contributed by atoms with Crippen molar-refractivity contribution < 1.29 is 9.53 Å². The Hall–Kier alpha value is -2.26. The second kappa shape index (κ2) is 10.4. The zero-order valence-corrected chi connectivity index (χ0v) is 22.5. The molecule has 0 radical (unpaired) electrons. The second-order valence-corrected chi connectivity index (χ2v) is 11.4. The first-order valence-electron chi connectivity index (χ1n) is 11.4. The third kappa shape index (κ3) is 5.94. The van der Waals surface area contributed by atoms with Gasteiger partial charge in [-0.15, -0.1) is 11.8 Å². The normalized spacial score (nSPS) is 16.6. The van der Waals surface area contributed by atoms with Gasteiger partial charge in [0.15, 0.2) is 0 Å². The molecule has 0 saturated carbocycles. The number of ether oxygens (including phenoxy) is 1. The van der Waals surface area contributed by atoms with Crippen LogP contribution in [0.2, 0.25) is 10.0 Å². The highest BCUT2D eigenvalue weighted by atomic mass is 35.5. The number of hydrogen-bond acceptors (Lipinski definition) is 7. The summed E-state index contributed by atoms with van der Waals surface area (Å²) in [4.78, 5) is 26.2. The van der Waals surface area contributed by atoms with Gasteiger partial charge in [0.1, 0.15) is 17.2 Å². The zero-order chi connectivity index (χ0) is 25.3. The Morgan fingerprint density at radius 1 is 1.17 bits per heavy atom. The van der Waals surface area contributed by atoms with E-state index in [9.17, 15) is 4.79 Å². The van der Waals surface area contributed by atoms with Crippen molar-refractivity contribution in [2.75, 3.05) is 30.4 Å². The lowest BCUT2D eigenvalue weighted by atomic mass is 10.0. The van der Waals surface area contributed by atoms with Gasteiger partial charge in [0.25, 0.3) is 0 Å². The monoisotopic (exact) mass is 533 g/mol. The lowest BCUT2D eigenvalue weighted by Gasteiger charge is -2.41. The lowest BCUT2D eigenvalue weighted by Crippen LogP contribution is -2.55. The number of hydrogen-bond donors (Lipinski definition) is 1. The van der Waals surface area contributed by atoms with Crippen LogP contribution in [0.15, 0.2) is 36.4 Å². The van der Waals surface area contributed by atoms with Crippen LogP contribution in [-0.2, 0) is 4.74 Å². The molecule has 2 heterocycles. The van der Waals surface area contributed by atoms with Crippen molar-refractivity contribution in [2.45, 2.75) is 38.7 Å². The van der Waals surface area contributed by atoms with Gasteiger partial charge in [0, 0.05) is 41.5 Å². The zero-order valence-electron chi connectivity index (χ0n) is 20.2. The number of halogens is 2. The highest BCUT2D eigenvalue weighted by Gasteiger charge is 2.34. The number of nitrogens with zero attached hydrogens (tertiary/aromatic N) is 4. The van der Waals surface area contributed by atoms with Gasteiger partial charge in [-0.25, -0.2) is 14.8 Å². The molecular weight excluding hydrogens is 505 g/mol. The minimum Gasteiger partial charge on any atom is -0.444 e. The maximum absolute atomic E-state index is 12.9. The number of piperazine rings is 1. The number of thioether (sulfide) groups is 1. The van der Waals surface area contributed by atoms with Crippen LogP contribution in [0.4, 0.5) is 10.6 Å². The Labute approximate surface area is 219 Å². The molecule has 7 nitrogen and oxygen atoms in total. The predicted octanol–water partition coefficient (Wildman–Crippen LogP) is 5.94. The number of aromatic nitrogens is 2. The van der Waals surface area contributed by atoms with E-state index < -0.39 is 5.60 Å². The molecule has 2 N–H and O–H groups in total. The van der Waals surface area contributed by atoms with Gasteiger partial charge in [-0.2, -0.15) is 0 Å². The summed E-state index contributed by atoms with van der Waals surface area (Å²) in [5, 5.41) is 2.00. The number of aryl methyl sites for hydroxylation is 1. The fourth-order valence-electron chi connectivity index (χ4n) is 4.07. The maximum Gasteiger partial charge on any atom is 0.411 e. The number of nitrogens with two attached hydrogens (primary N) is 1. The molecule has 0 bridgehead atoms. The van der Waals surface area contributed by atoms with E-state index in [2.05, 4.69) is 9.88 Å². The molecule has 2 aromatic carbocycles. The number of benzene rings is 2. The fourth-order valence-corrected chi connectivity index (χ4v) is 5.34. The molecule has 1 aromatic heterocycles. The highest BCUT2D eigenvalue weighted by molar-refractivity contribution is 7.99. The smallest absolute Gasteiger partial charge is 0.411 e. The fraction of sp³-hybridized carbons (Fsp3) is 0.400. The van der Waals surface area contributed by atoms with E-state index in [-0.39, 0.29) is 11.5 Å². The number of rotatable bonds is 4. The van der Waals surface area contributed by atoms with E-state index in [1.165, 1.54) is 11.8 Å². The van der Waals surface area contributed by atoms with Crippen LogP contribution < -0.4 is 10.6 Å². The second-order valence-electron chi connectivity index (χ2n) is 9.36. The van der Waals surface area contributed by atoms with E-state index >= 15 is 0 Å². The van der Waals surface area contributed by atoms with Gasteiger partial charge in [0.2, 0.25) is 0 Å². The summed E-state index contributed by atoms with van der Waals surface area (Å²) in [5.74, 6) is 1.85. The van der Waals surface area contributed by atoms with Gasteiger partial charge in [0.05, 0.1) is 15.9 Å². The van der Waals surface area contributed by atoms with E-state index in [0.717, 1.165) is 27.8 Å². The van der Waals surface area contributed by atoms with Crippen LogP contribution in [0.5, 0.6) is 0 Å². The summed E-state index contributed by atoms with van der Waals surface area (Å²) in [6.45, 7) is 9.13. The number of fused-ring (bicyclic) bond motifs is 1. The summed E-state index contributed by atoms with van der Waals surface area (Å²) >= 11 is 14.2. The first-order valence-corrected chi connectivity index (χ1v) is 13.2. The SMILES string of the molecule is Cc1nc(N2CCN(C(=O)OC(C)(C)C)C(SCN)C2)c2cc(-c3ccc(Cl)cc3)c(Cl)cc2n1. The molecule has 4 rings (SSSR count). The third-order valence-electron chi connectivity index (χ3n) is 5.58. The van der Waals surface area contributed by atoms with E-state index in [1.54, 1.807) is 4.90 Å². The minimum absolute atomic E-state index is 0.169. The molecule has 0 spiro atoms. The molecular formula is C25H29Cl2N5O2S. The van der Waals surface area contributed by atoms with Crippen LogP contribution >= 0.6 is 35.0 Å². The van der Waals surface area contributed by atoms with Gasteiger partial charge >= 0.3 is 6.09 Å². The average molecular weight is 535 g/mol. The first-order chi connectivity index (χ1) is 16.6. The molecule has 1 unspecified atom stereocenters. The summed E-state index contributed by atoms with van der Waals surface area (Å²) in [6, 6.07) is 11.5. The molecule has 1 amide bonds. The van der Waals surface area contributed by atoms with E-state index in [0.29, 0.717) is 41.4 Å². The van der Waals surface area contributed by atoms with Gasteiger partial charge in [-0.1, -0.05) is 35.3 Å². The molecule has 1 atom stereocenters. The Balaban J connectivity index is 1.71. The Morgan fingerprint density at radius 3 is 2.54 bits per heavy atom. The predicted molar refractivity (Wildman–Crippen MR) is 145 cm³/mol. The van der Waals surface area contributed by atoms with Crippen molar-refractivity contribution in [3.05, 3.63) is 52.3 Å². The summed E-state index contributed by atoms with van der Waals surface area (Å²) in [5.41, 5.74) is 7.92. The molecule has 35 heavy (non-hydrogen) atoms. The van der Waals surface area contributed by atoms with Crippen LogP contribution in [-0.4, -0.2) is 57.4 Å². The number of amides is 1. The topological polar surface area (TPSA) is 84.6 Å². The molecule has 3 aromatic rings. The van der Waals surface area contributed by atoms with Crippen molar-refractivity contribution in [1.82, 2.24) is 14.9 Å². The van der Waals surface area contributed by atoms with Crippen LogP contribution in [0.1, 0.15) is 26.6 Å². The largest absolute Gasteiger partial charge is 0.444 e. The minimum atomic E-state index is -0.566. The van der Waals surface area contributed by atoms with Gasteiger partial charge in [-0.3, -0.25) is 4.90 Å². The van der Waals surface area contributed by atoms with E-state index in [4.69, 9.17) is 38.7 Å². The third-order valence-corrected chi connectivity index (χ3v) is 7.13. The lowest BCUT2D eigenvalue weighted by molar-refractivity contribution is 0.0215. The van der Waals surface area contributed by atoms with Crippen molar-refractivity contribution in [1.29, 1.82) is 0 Å². The molecule has 10 heteroatoms. The molecule has 1 aliphatic heterocycles. The molecule has 1 aliphatic rings.